The van der Waals surface area contributed by atoms with Crippen molar-refractivity contribution in [3.05, 3.63) is 54.1 Å². The van der Waals surface area contributed by atoms with Crippen LogP contribution < -0.4 is 15.0 Å². The van der Waals surface area contributed by atoms with Crippen molar-refractivity contribution in [2.24, 2.45) is 5.92 Å². The van der Waals surface area contributed by atoms with Crippen LogP contribution in [-0.4, -0.2) is 38.0 Å². The van der Waals surface area contributed by atoms with Crippen molar-refractivity contribution in [1.82, 2.24) is 0 Å². The SMILES string of the molecule is COc1cccc(N2CC(C(=O)OCC(=O)Nc3ccc(C(F)(F)F)cc3)CC2=O)c1. The normalized spacial score (nSPS) is 16.2. The number of ether oxygens (including phenoxy) is 2. The fourth-order valence-electron chi connectivity index (χ4n) is 3.09. The number of carbonyl (C=O) groups excluding carboxylic acids is 3. The van der Waals surface area contributed by atoms with Crippen molar-refractivity contribution in [1.29, 1.82) is 0 Å². The summed E-state index contributed by atoms with van der Waals surface area (Å²) in [7, 11) is 1.50. The number of nitrogens with zero attached hydrogens (tertiary/aromatic N) is 1. The summed E-state index contributed by atoms with van der Waals surface area (Å²) in [5, 5.41) is 2.35. The summed E-state index contributed by atoms with van der Waals surface area (Å²) in [5.41, 5.74) is -0.127. The van der Waals surface area contributed by atoms with E-state index in [1.807, 2.05) is 0 Å². The van der Waals surface area contributed by atoms with E-state index in [0.29, 0.717) is 11.4 Å². The molecule has 0 bridgehead atoms. The van der Waals surface area contributed by atoms with Crippen molar-refractivity contribution >= 4 is 29.2 Å². The molecule has 10 heteroatoms. The second kappa shape index (κ2) is 9.07. The Morgan fingerprint density at radius 2 is 1.87 bits per heavy atom. The second-order valence-corrected chi connectivity index (χ2v) is 6.84. The molecule has 2 aromatic rings. The van der Waals surface area contributed by atoms with Crippen molar-refractivity contribution in [2.75, 3.05) is 30.5 Å². The van der Waals surface area contributed by atoms with Crippen molar-refractivity contribution < 1.29 is 37.0 Å². The molecule has 1 atom stereocenters. The van der Waals surface area contributed by atoms with Crippen LogP contribution in [0.5, 0.6) is 5.75 Å². The molecule has 1 aliphatic heterocycles. The number of halogens is 3. The number of methoxy groups -OCH3 is 1. The van der Waals surface area contributed by atoms with E-state index in [9.17, 15) is 27.6 Å². The average Bonchev–Trinajstić information content (AvgIpc) is 3.13. The van der Waals surface area contributed by atoms with Crippen molar-refractivity contribution in [3.63, 3.8) is 0 Å². The highest BCUT2D eigenvalue weighted by Gasteiger charge is 2.36. The molecule has 0 saturated carbocycles. The van der Waals surface area contributed by atoms with Gasteiger partial charge in [0.05, 0.1) is 18.6 Å². The molecule has 1 unspecified atom stereocenters. The molecule has 1 fully saturated rings. The summed E-state index contributed by atoms with van der Waals surface area (Å²) < 4.78 is 47.8. The van der Waals surface area contributed by atoms with Crippen LogP contribution in [0.4, 0.5) is 24.5 Å². The van der Waals surface area contributed by atoms with Gasteiger partial charge in [0.15, 0.2) is 6.61 Å². The topological polar surface area (TPSA) is 84.9 Å². The first-order valence-corrected chi connectivity index (χ1v) is 9.25. The molecule has 31 heavy (non-hydrogen) atoms. The van der Waals surface area contributed by atoms with E-state index < -0.39 is 36.1 Å². The summed E-state index contributed by atoms with van der Waals surface area (Å²) in [6.07, 6.45) is -4.54. The highest BCUT2D eigenvalue weighted by Crippen LogP contribution is 2.30. The maximum absolute atomic E-state index is 12.6. The molecule has 0 aliphatic carbocycles. The van der Waals surface area contributed by atoms with Crippen LogP contribution in [0.2, 0.25) is 0 Å². The number of alkyl halides is 3. The van der Waals surface area contributed by atoms with Crippen LogP contribution in [0.15, 0.2) is 48.5 Å². The standard InChI is InChI=1S/C21H19F3N2O5/c1-30-17-4-2-3-16(10-17)26-11-13(9-19(26)28)20(29)31-12-18(27)25-15-7-5-14(6-8-15)21(22,23)24/h2-8,10,13H,9,11-12H2,1H3,(H,25,27). The monoisotopic (exact) mass is 436 g/mol. The van der Waals surface area contributed by atoms with Gasteiger partial charge in [0.25, 0.3) is 5.91 Å². The smallest absolute Gasteiger partial charge is 0.416 e. The maximum atomic E-state index is 12.6. The van der Waals surface area contributed by atoms with Crippen LogP contribution >= 0.6 is 0 Å². The van der Waals surface area contributed by atoms with Gasteiger partial charge in [-0.25, -0.2) is 0 Å². The van der Waals surface area contributed by atoms with E-state index in [1.165, 1.54) is 12.0 Å². The minimum absolute atomic E-state index is 0.0590. The third-order valence-corrected chi connectivity index (χ3v) is 4.66. The Balaban J connectivity index is 1.51. The van der Waals surface area contributed by atoms with E-state index in [1.54, 1.807) is 24.3 Å². The van der Waals surface area contributed by atoms with Crippen LogP contribution in [0.3, 0.4) is 0 Å². The first-order chi connectivity index (χ1) is 14.7. The number of carbonyl (C=O) groups is 3. The van der Waals surface area contributed by atoms with E-state index in [-0.39, 0.29) is 24.6 Å². The zero-order chi connectivity index (χ0) is 22.6. The number of rotatable bonds is 6. The molecule has 7 nitrogen and oxygen atoms in total. The van der Waals surface area contributed by atoms with Gasteiger partial charge in [0.2, 0.25) is 5.91 Å². The fourth-order valence-corrected chi connectivity index (χ4v) is 3.09. The van der Waals surface area contributed by atoms with Crippen LogP contribution in [0.25, 0.3) is 0 Å². The largest absolute Gasteiger partial charge is 0.497 e. The minimum atomic E-state index is -4.48. The third kappa shape index (κ3) is 5.53. The number of benzene rings is 2. The number of amides is 2. The van der Waals surface area contributed by atoms with Crippen molar-refractivity contribution in [3.8, 4) is 5.75 Å². The molecule has 164 valence electrons. The molecule has 3 rings (SSSR count). The quantitative estimate of drug-likeness (QED) is 0.703. The van der Waals surface area contributed by atoms with Gasteiger partial charge in [-0.1, -0.05) is 6.07 Å². The Morgan fingerprint density at radius 3 is 2.52 bits per heavy atom. The van der Waals surface area contributed by atoms with Gasteiger partial charge in [-0.3, -0.25) is 14.4 Å². The Hall–Kier alpha value is -3.56. The third-order valence-electron chi connectivity index (χ3n) is 4.66. The van der Waals surface area contributed by atoms with Gasteiger partial charge < -0.3 is 19.7 Å². The minimum Gasteiger partial charge on any atom is -0.497 e. The average molecular weight is 436 g/mol. The summed E-state index contributed by atoms with van der Waals surface area (Å²) >= 11 is 0. The molecular formula is C21H19F3N2O5. The number of anilines is 2. The molecule has 1 heterocycles. The maximum Gasteiger partial charge on any atom is 0.416 e. The van der Waals surface area contributed by atoms with E-state index >= 15 is 0 Å². The Labute approximate surface area is 175 Å². The fraction of sp³-hybridized carbons (Fsp3) is 0.286. The lowest BCUT2D eigenvalue weighted by atomic mass is 10.1. The molecular weight excluding hydrogens is 417 g/mol. The van der Waals surface area contributed by atoms with Gasteiger partial charge in [0.1, 0.15) is 5.75 Å². The molecule has 2 aromatic carbocycles. The number of esters is 1. The Morgan fingerprint density at radius 1 is 1.16 bits per heavy atom. The lowest BCUT2D eigenvalue weighted by Crippen LogP contribution is -2.28. The molecule has 1 saturated heterocycles. The van der Waals surface area contributed by atoms with E-state index in [4.69, 9.17) is 9.47 Å². The van der Waals surface area contributed by atoms with Gasteiger partial charge in [-0.2, -0.15) is 13.2 Å². The Bertz CT molecular complexity index is 976. The molecule has 0 aromatic heterocycles. The van der Waals surface area contributed by atoms with Gasteiger partial charge in [0, 0.05) is 30.4 Å². The zero-order valence-electron chi connectivity index (χ0n) is 16.4. The molecule has 0 spiro atoms. The zero-order valence-corrected chi connectivity index (χ0v) is 16.4. The summed E-state index contributed by atoms with van der Waals surface area (Å²) in [6.45, 7) is -0.519. The molecule has 1 N–H and O–H groups in total. The summed E-state index contributed by atoms with van der Waals surface area (Å²) in [4.78, 5) is 37.9. The Kier molecular flexibility index (Phi) is 6.47. The molecule has 0 radical (unpaired) electrons. The molecule has 2 amide bonds. The first kappa shape index (κ1) is 22.1. The predicted octanol–water partition coefficient (Wildman–Crippen LogP) is 3.25. The molecule has 1 aliphatic rings. The predicted molar refractivity (Wildman–Crippen MR) is 104 cm³/mol. The van der Waals surface area contributed by atoms with Crippen LogP contribution in [0.1, 0.15) is 12.0 Å². The number of hydrogen-bond acceptors (Lipinski definition) is 5. The highest BCUT2D eigenvalue weighted by molar-refractivity contribution is 6.00. The summed E-state index contributed by atoms with van der Waals surface area (Å²) in [6, 6.07) is 10.7. The van der Waals surface area contributed by atoms with Gasteiger partial charge in [-0.05, 0) is 36.4 Å². The van der Waals surface area contributed by atoms with Crippen LogP contribution in [0, 0.1) is 5.92 Å². The van der Waals surface area contributed by atoms with E-state index in [2.05, 4.69) is 5.32 Å². The van der Waals surface area contributed by atoms with E-state index in [0.717, 1.165) is 24.3 Å². The van der Waals surface area contributed by atoms with Crippen molar-refractivity contribution in [2.45, 2.75) is 12.6 Å². The van der Waals surface area contributed by atoms with Crippen LogP contribution in [-0.2, 0) is 25.3 Å². The number of hydrogen-bond donors (Lipinski definition) is 1. The number of nitrogens with one attached hydrogen (secondary N) is 1. The second-order valence-electron chi connectivity index (χ2n) is 6.84. The lowest BCUT2D eigenvalue weighted by Gasteiger charge is -2.17. The summed E-state index contributed by atoms with van der Waals surface area (Å²) in [5.74, 6) is -1.85. The van der Waals surface area contributed by atoms with Gasteiger partial charge in [-0.15, -0.1) is 0 Å². The first-order valence-electron chi connectivity index (χ1n) is 9.25. The van der Waals surface area contributed by atoms with Gasteiger partial charge >= 0.3 is 12.1 Å². The lowest BCUT2D eigenvalue weighted by molar-refractivity contribution is -0.151. The highest BCUT2D eigenvalue weighted by atomic mass is 19.4.